The van der Waals surface area contributed by atoms with E-state index in [-0.39, 0.29) is 56.6 Å². The second-order valence-electron chi connectivity index (χ2n) is 20.3. The van der Waals surface area contributed by atoms with Crippen molar-refractivity contribution in [2.24, 2.45) is 16.5 Å². The van der Waals surface area contributed by atoms with Crippen LogP contribution in [0.25, 0.3) is 33.8 Å². The number of aliphatic imine (C=N–C) groups is 1. The zero-order valence-electron chi connectivity index (χ0n) is 49.9. The van der Waals surface area contributed by atoms with Gasteiger partial charge in [0.2, 0.25) is 35.4 Å². The molecule has 0 saturated heterocycles. The van der Waals surface area contributed by atoms with Crippen molar-refractivity contribution < 1.29 is 92.5 Å². The van der Waals surface area contributed by atoms with E-state index >= 15 is 0 Å². The molecule has 0 fully saturated rings. The number of nitrogens with zero attached hydrogens (tertiary/aromatic N) is 5. The first-order chi connectivity index (χ1) is 43.6. The zero-order valence-corrected chi connectivity index (χ0v) is 52.4. The highest BCUT2D eigenvalue weighted by Crippen LogP contribution is 2.31. The SMILES string of the molecule is Cc1cccc(-c2cn[nH]c2-c2ccnc(-c3ccc(OCCN(C)C(=O)OCCSSC[C@H](NC(=O)[C@H](CC(=O)O)NC(=O)[C@H](CC(=O)O)NC(=O)[C@H](CCCN=C(N)N)NC(=O)[C@H](CC(=O)O)NC(=O)CC[C@H](NC(=O)CC(C)S)C(=O)O)C(=O)O)cc3)c2)n1. The summed E-state index contributed by atoms with van der Waals surface area (Å²) in [5.41, 5.74) is 16.4. The predicted octanol–water partition coefficient (Wildman–Crippen LogP) is 0.382. The molecule has 0 spiro atoms. The highest BCUT2D eigenvalue weighted by molar-refractivity contribution is 8.76. The molecule has 1 unspecified atom stereocenters. The number of amides is 7. The first kappa shape index (κ1) is 74.8. The Balaban J connectivity index is 1.29. The Hall–Kier alpha value is -9.71. The lowest BCUT2D eigenvalue weighted by molar-refractivity contribution is -0.144. The van der Waals surface area contributed by atoms with Gasteiger partial charge < -0.3 is 83.3 Å². The standard InChI is InChI=1S/C56H72N14O19S3/c1-29-6-4-7-35(62-29)34-27-61-69-48(34)32-15-17-59-38(23-32)31-9-11-33(12-10-31)88-19-18-70(3)56(87)89-20-21-91-92-28-42(54(85)86)68-52(82)41(26-47(77)78)67-51(81)40(25-46(75)76)66-49(79)36(8-5-16-60-55(57)58)65-50(80)39(24-45(73)74)64-43(71)14-13-37(53(83)84)63-44(72)22-30(2)90/h4,6-7,9-12,15,17,23,27,30,36-37,39-42,90H,5,8,13-14,16,18-22,24-26,28H2,1-3H3,(H,61,69)(H,63,72)(H,64,71)(H,65,80)(H,66,79)(H,67,81)(H,68,82)(H,73,74)(H,75,76)(H,77,78)(H,83,84)(H,85,86)(H4,57,58,60)/t30?,36-,37-,39-,40-,41-,42-/m0/s1. The maximum Gasteiger partial charge on any atom is 0.409 e. The Labute approximate surface area is 539 Å². The minimum Gasteiger partial charge on any atom is -0.492 e. The van der Waals surface area contributed by atoms with Crippen LogP contribution >= 0.6 is 34.2 Å². The van der Waals surface area contributed by atoms with Crippen LogP contribution in [0.5, 0.6) is 5.75 Å². The Morgan fingerprint density at radius 2 is 1.25 bits per heavy atom. The molecule has 92 heavy (non-hydrogen) atoms. The summed E-state index contributed by atoms with van der Waals surface area (Å²) in [6.07, 6.45) is -2.59. The maximum atomic E-state index is 13.8. The largest absolute Gasteiger partial charge is 0.492 e. The van der Waals surface area contributed by atoms with Crippen LogP contribution in [0.4, 0.5) is 4.79 Å². The van der Waals surface area contributed by atoms with E-state index in [2.05, 4.69) is 64.4 Å². The Morgan fingerprint density at radius 3 is 1.83 bits per heavy atom. The number of thiol groups is 1. The Bertz CT molecular complexity index is 3280. The van der Waals surface area contributed by atoms with Gasteiger partial charge in [0.25, 0.3) is 0 Å². The molecular weight excluding hydrogens is 1270 g/mol. The van der Waals surface area contributed by atoms with Crippen LogP contribution in [0.3, 0.4) is 0 Å². The molecule has 16 N–H and O–H groups in total. The van der Waals surface area contributed by atoms with E-state index in [1.54, 1.807) is 31.5 Å². The molecule has 1 aromatic carbocycles. The number of benzene rings is 1. The third kappa shape index (κ3) is 26.8. The smallest absolute Gasteiger partial charge is 0.409 e. The summed E-state index contributed by atoms with van der Waals surface area (Å²) >= 11 is 4.07. The number of aliphatic carboxylic acids is 5. The van der Waals surface area contributed by atoms with Gasteiger partial charge in [-0.2, -0.15) is 17.7 Å². The number of nitrogens with one attached hydrogen (secondary N) is 7. The van der Waals surface area contributed by atoms with E-state index < -0.39 is 151 Å². The van der Waals surface area contributed by atoms with E-state index in [0.717, 1.165) is 55.4 Å². The monoisotopic (exact) mass is 1340 g/mol. The van der Waals surface area contributed by atoms with Crippen molar-refractivity contribution in [2.45, 2.75) is 107 Å². The fourth-order valence-electron chi connectivity index (χ4n) is 8.21. The number of aromatic nitrogens is 4. The third-order valence-electron chi connectivity index (χ3n) is 12.7. The van der Waals surface area contributed by atoms with Crippen LogP contribution in [0, 0.1) is 6.92 Å². The number of carboxylic acids is 5. The topological polar surface area (TPSA) is 519 Å². The van der Waals surface area contributed by atoms with Gasteiger partial charge in [-0.1, -0.05) is 34.6 Å². The van der Waals surface area contributed by atoms with Crippen LogP contribution < -0.4 is 48.1 Å². The summed E-state index contributed by atoms with van der Waals surface area (Å²) in [4.78, 5) is 166. The molecule has 498 valence electrons. The molecule has 4 aromatic rings. The number of aromatic amines is 1. The van der Waals surface area contributed by atoms with Crippen molar-refractivity contribution in [1.29, 1.82) is 0 Å². The molecule has 0 aliphatic rings. The summed E-state index contributed by atoms with van der Waals surface area (Å²) in [7, 11) is 3.48. The van der Waals surface area contributed by atoms with Crippen molar-refractivity contribution >= 4 is 112 Å². The number of carboxylic acid groups (broad SMARTS) is 5. The number of rotatable bonds is 40. The van der Waals surface area contributed by atoms with E-state index in [1.165, 1.54) is 11.9 Å². The summed E-state index contributed by atoms with van der Waals surface area (Å²) in [5.74, 6) is -15.3. The molecule has 0 aliphatic carbocycles. The molecule has 36 heteroatoms. The van der Waals surface area contributed by atoms with Crippen molar-refractivity contribution in [1.82, 2.24) is 57.0 Å². The highest BCUT2D eigenvalue weighted by Gasteiger charge is 2.35. The molecule has 7 atom stereocenters. The third-order valence-corrected chi connectivity index (χ3v) is 15.3. The Kier molecular flexibility index (Phi) is 31.0. The van der Waals surface area contributed by atoms with Crippen molar-refractivity contribution in [3.8, 4) is 39.5 Å². The lowest BCUT2D eigenvalue weighted by atomic mass is 10.0. The number of guanidine groups is 1. The van der Waals surface area contributed by atoms with Crippen molar-refractivity contribution in [3.63, 3.8) is 0 Å². The van der Waals surface area contributed by atoms with E-state index in [1.807, 2.05) is 54.7 Å². The molecule has 0 aliphatic heterocycles. The number of carbonyl (C=O) groups excluding carboxylic acids is 7. The fourth-order valence-corrected chi connectivity index (χ4v) is 10.4. The average molecular weight is 1340 g/mol. The van der Waals surface area contributed by atoms with Gasteiger partial charge in [-0.05, 0) is 74.7 Å². The maximum absolute atomic E-state index is 13.8. The number of nitrogens with two attached hydrogens (primary N) is 2. The van der Waals surface area contributed by atoms with Crippen LogP contribution in [0.2, 0.25) is 0 Å². The molecule has 3 heterocycles. The van der Waals surface area contributed by atoms with Gasteiger partial charge in [0.15, 0.2) is 5.96 Å². The predicted molar refractivity (Wildman–Crippen MR) is 335 cm³/mol. The summed E-state index contributed by atoms with van der Waals surface area (Å²) in [5, 5.41) is 68.1. The number of carbonyl (C=O) groups is 12. The average Bonchev–Trinajstić information content (AvgIpc) is 1.59. The lowest BCUT2D eigenvalue weighted by Gasteiger charge is -2.26. The first-order valence-corrected chi connectivity index (χ1v) is 31.0. The molecule has 7 amide bonds. The fraction of sp³-hybridized carbons (Fsp3) is 0.429. The number of H-pyrrole nitrogens is 1. The molecule has 3 aromatic heterocycles. The second-order valence-corrected chi connectivity index (χ2v) is 23.8. The van der Waals surface area contributed by atoms with Gasteiger partial charge in [-0.25, -0.2) is 14.4 Å². The number of likely N-dealkylation sites (N-methyl/N-ethyl adjacent to an activating group) is 1. The Morgan fingerprint density at radius 1 is 0.674 bits per heavy atom. The van der Waals surface area contributed by atoms with Gasteiger partial charge in [0.1, 0.15) is 55.2 Å². The number of hydrogen-bond donors (Lipinski definition) is 15. The van der Waals surface area contributed by atoms with E-state index in [4.69, 9.17) is 20.9 Å². The van der Waals surface area contributed by atoms with Gasteiger partial charge in [0, 0.05) is 71.8 Å². The zero-order chi connectivity index (χ0) is 68.0. The van der Waals surface area contributed by atoms with E-state index in [9.17, 15) is 83.1 Å². The number of ether oxygens (including phenoxy) is 2. The summed E-state index contributed by atoms with van der Waals surface area (Å²) in [6, 6.07) is 5.58. The number of pyridine rings is 2. The molecule has 4 rings (SSSR count). The molecule has 33 nitrogen and oxygen atoms in total. The number of aryl methyl sites for hydroxylation is 1. The molecule has 0 saturated carbocycles. The minimum absolute atomic E-state index is 0.110. The van der Waals surface area contributed by atoms with Gasteiger partial charge >= 0.3 is 35.9 Å². The first-order valence-electron chi connectivity index (χ1n) is 28.0. The van der Waals surface area contributed by atoms with Crippen molar-refractivity contribution in [2.75, 3.05) is 44.9 Å². The van der Waals surface area contributed by atoms with Crippen LogP contribution in [0.15, 0.2) is 72.0 Å². The van der Waals surface area contributed by atoms with Crippen LogP contribution in [-0.2, 0) is 57.5 Å². The lowest BCUT2D eigenvalue weighted by Crippen LogP contribution is -2.59. The van der Waals surface area contributed by atoms with Crippen LogP contribution in [-0.4, -0.2) is 214 Å². The normalized spacial score (nSPS) is 13.1. The molecular formula is C56H72N14O19S3. The van der Waals surface area contributed by atoms with Gasteiger partial charge in [-0.3, -0.25) is 63.2 Å². The van der Waals surface area contributed by atoms with E-state index in [0.29, 0.717) is 11.4 Å². The number of hydrogen-bond acceptors (Lipinski definition) is 21. The quantitative estimate of drug-likeness (QED) is 0.00941. The van der Waals surface area contributed by atoms with Gasteiger partial charge in [0.05, 0.1) is 49.1 Å². The van der Waals surface area contributed by atoms with Gasteiger partial charge in [-0.15, -0.1) is 0 Å². The van der Waals surface area contributed by atoms with Crippen molar-refractivity contribution in [3.05, 3.63) is 72.7 Å². The summed E-state index contributed by atoms with van der Waals surface area (Å²) < 4.78 is 11.2. The minimum atomic E-state index is -2.14. The highest BCUT2D eigenvalue weighted by atomic mass is 33.1. The molecule has 0 bridgehead atoms. The van der Waals surface area contributed by atoms with Crippen LogP contribution in [0.1, 0.15) is 64.0 Å². The summed E-state index contributed by atoms with van der Waals surface area (Å²) in [6.45, 7) is 3.45. The second kappa shape index (κ2) is 38.1. The molecule has 0 radical (unpaired) electrons.